The first-order chi connectivity index (χ1) is 11.3. The van der Waals surface area contributed by atoms with Gasteiger partial charge in [-0.05, 0) is 11.1 Å². The highest BCUT2D eigenvalue weighted by atomic mass is 16.6. The second-order valence-electron chi connectivity index (χ2n) is 5.05. The molecule has 4 heteroatoms. The van der Waals surface area contributed by atoms with Gasteiger partial charge in [-0.25, -0.2) is 0 Å². The van der Waals surface area contributed by atoms with Crippen molar-refractivity contribution in [3.8, 4) is 0 Å². The lowest BCUT2D eigenvalue weighted by molar-refractivity contribution is -0.150. The summed E-state index contributed by atoms with van der Waals surface area (Å²) in [7, 11) is 0. The lowest BCUT2D eigenvalue weighted by Gasteiger charge is -2.17. The zero-order valence-corrected chi connectivity index (χ0v) is 13.0. The summed E-state index contributed by atoms with van der Waals surface area (Å²) in [6.45, 7) is 4.11. The first-order valence-corrected chi connectivity index (χ1v) is 7.52. The Hall–Kier alpha value is -2.43. The molecule has 0 aliphatic rings. The molecule has 0 fully saturated rings. The third-order valence-corrected chi connectivity index (χ3v) is 3.22. The molecule has 0 heterocycles. The van der Waals surface area contributed by atoms with Crippen LogP contribution in [0.1, 0.15) is 11.1 Å². The molecule has 0 amide bonds. The van der Waals surface area contributed by atoms with E-state index in [1.54, 1.807) is 6.08 Å². The standard InChI is InChI=1S/C19H21NO3/c1-2-13-22-19(21)18(14-16-9-5-3-6-10-16)20-23-15-17-11-7-4-8-12-17/h2-12,18,20H,1,13-15H2. The molecule has 0 radical (unpaired) electrons. The number of rotatable bonds is 9. The van der Waals surface area contributed by atoms with Crippen LogP contribution < -0.4 is 5.48 Å². The summed E-state index contributed by atoms with van der Waals surface area (Å²) >= 11 is 0. The third-order valence-electron chi connectivity index (χ3n) is 3.22. The zero-order chi connectivity index (χ0) is 16.3. The maximum Gasteiger partial charge on any atom is 0.326 e. The van der Waals surface area contributed by atoms with Crippen molar-refractivity contribution in [2.45, 2.75) is 19.1 Å². The summed E-state index contributed by atoms with van der Waals surface area (Å²) in [5, 5.41) is 0. The van der Waals surface area contributed by atoms with Gasteiger partial charge in [0.15, 0.2) is 0 Å². The molecule has 1 N–H and O–H groups in total. The highest BCUT2D eigenvalue weighted by Crippen LogP contribution is 2.06. The molecule has 23 heavy (non-hydrogen) atoms. The van der Waals surface area contributed by atoms with Gasteiger partial charge in [-0.3, -0.25) is 9.63 Å². The van der Waals surface area contributed by atoms with Gasteiger partial charge in [0.25, 0.3) is 0 Å². The van der Waals surface area contributed by atoms with Crippen LogP contribution >= 0.6 is 0 Å². The highest BCUT2D eigenvalue weighted by molar-refractivity contribution is 5.76. The number of hydrogen-bond donors (Lipinski definition) is 1. The maximum atomic E-state index is 12.1. The summed E-state index contributed by atoms with van der Waals surface area (Å²) < 4.78 is 5.13. The molecular formula is C19H21NO3. The van der Waals surface area contributed by atoms with E-state index in [1.807, 2.05) is 60.7 Å². The van der Waals surface area contributed by atoms with E-state index in [0.717, 1.165) is 11.1 Å². The van der Waals surface area contributed by atoms with Crippen molar-refractivity contribution in [3.05, 3.63) is 84.4 Å². The number of nitrogens with one attached hydrogen (secondary N) is 1. The van der Waals surface area contributed by atoms with Crippen molar-refractivity contribution in [1.29, 1.82) is 0 Å². The van der Waals surface area contributed by atoms with E-state index < -0.39 is 6.04 Å². The Balaban J connectivity index is 1.92. The van der Waals surface area contributed by atoms with E-state index in [0.29, 0.717) is 13.0 Å². The molecular weight excluding hydrogens is 290 g/mol. The minimum Gasteiger partial charge on any atom is -0.460 e. The van der Waals surface area contributed by atoms with E-state index >= 15 is 0 Å². The molecule has 0 bridgehead atoms. The maximum absolute atomic E-state index is 12.1. The molecule has 1 unspecified atom stereocenters. The first kappa shape index (κ1) is 16.9. The molecule has 0 aliphatic carbocycles. The third kappa shape index (κ3) is 6.06. The minimum absolute atomic E-state index is 0.185. The first-order valence-electron chi connectivity index (χ1n) is 7.52. The van der Waals surface area contributed by atoms with Crippen molar-refractivity contribution in [2.75, 3.05) is 6.61 Å². The van der Waals surface area contributed by atoms with E-state index in [4.69, 9.17) is 9.57 Å². The Morgan fingerprint density at radius 3 is 2.26 bits per heavy atom. The quantitative estimate of drug-likeness (QED) is 0.439. The molecule has 0 saturated carbocycles. The summed E-state index contributed by atoms with van der Waals surface area (Å²) in [5.74, 6) is -0.359. The van der Waals surface area contributed by atoms with Crippen LogP contribution in [0.3, 0.4) is 0 Å². The molecule has 0 aromatic heterocycles. The number of ether oxygens (including phenoxy) is 1. The second kappa shape index (κ2) is 9.56. The van der Waals surface area contributed by atoms with Crippen LogP contribution in [0, 0.1) is 0 Å². The molecule has 120 valence electrons. The van der Waals surface area contributed by atoms with E-state index in [-0.39, 0.29) is 12.6 Å². The fraction of sp³-hybridized carbons (Fsp3) is 0.211. The summed E-state index contributed by atoms with van der Waals surface area (Å²) in [6, 6.07) is 18.9. The number of esters is 1. The van der Waals surface area contributed by atoms with Crippen LogP contribution in [-0.2, 0) is 27.4 Å². The van der Waals surface area contributed by atoms with E-state index in [2.05, 4.69) is 12.1 Å². The number of hydroxylamine groups is 1. The van der Waals surface area contributed by atoms with Gasteiger partial charge in [-0.2, -0.15) is 5.48 Å². The van der Waals surface area contributed by atoms with Gasteiger partial charge < -0.3 is 4.74 Å². The highest BCUT2D eigenvalue weighted by Gasteiger charge is 2.20. The Labute approximate surface area is 136 Å². The summed E-state index contributed by atoms with van der Waals surface area (Å²) in [6.07, 6.45) is 2.04. The Morgan fingerprint density at radius 1 is 1.04 bits per heavy atom. The molecule has 2 rings (SSSR count). The van der Waals surface area contributed by atoms with Crippen molar-refractivity contribution in [2.24, 2.45) is 0 Å². The largest absolute Gasteiger partial charge is 0.460 e. The molecule has 0 aliphatic heterocycles. The molecule has 4 nitrogen and oxygen atoms in total. The van der Waals surface area contributed by atoms with Crippen LogP contribution in [0.2, 0.25) is 0 Å². The van der Waals surface area contributed by atoms with Gasteiger partial charge >= 0.3 is 5.97 Å². The number of benzene rings is 2. The van der Waals surface area contributed by atoms with Gasteiger partial charge in [0.05, 0.1) is 6.61 Å². The van der Waals surface area contributed by atoms with E-state index in [9.17, 15) is 4.79 Å². The number of carbonyl (C=O) groups excluding carboxylic acids is 1. The minimum atomic E-state index is -0.568. The monoisotopic (exact) mass is 311 g/mol. The lowest BCUT2D eigenvalue weighted by Crippen LogP contribution is -2.39. The van der Waals surface area contributed by atoms with Crippen LogP contribution in [0.15, 0.2) is 73.3 Å². The molecule has 1 atom stereocenters. The van der Waals surface area contributed by atoms with Gasteiger partial charge in [0.1, 0.15) is 12.6 Å². The van der Waals surface area contributed by atoms with Crippen LogP contribution in [0.25, 0.3) is 0 Å². The summed E-state index contributed by atoms with van der Waals surface area (Å²) in [5.41, 5.74) is 4.87. The van der Waals surface area contributed by atoms with Crippen molar-refractivity contribution in [3.63, 3.8) is 0 Å². The smallest absolute Gasteiger partial charge is 0.326 e. The Bertz CT molecular complexity index is 599. The summed E-state index contributed by atoms with van der Waals surface area (Å²) in [4.78, 5) is 17.6. The normalized spacial score (nSPS) is 11.7. The average Bonchev–Trinajstić information content (AvgIpc) is 2.60. The predicted octanol–water partition coefficient (Wildman–Crippen LogP) is 3.05. The number of hydrogen-bond acceptors (Lipinski definition) is 4. The Kier molecular flexibility index (Phi) is 7.04. The van der Waals surface area contributed by atoms with Crippen molar-refractivity contribution < 1.29 is 14.4 Å². The van der Waals surface area contributed by atoms with E-state index in [1.165, 1.54) is 0 Å². The van der Waals surface area contributed by atoms with Gasteiger partial charge in [-0.15, -0.1) is 0 Å². The van der Waals surface area contributed by atoms with Gasteiger partial charge in [-0.1, -0.05) is 73.3 Å². The Morgan fingerprint density at radius 2 is 1.65 bits per heavy atom. The predicted molar refractivity (Wildman–Crippen MR) is 89.5 cm³/mol. The molecule has 2 aromatic rings. The average molecular weight is 311 g/mol. The fourth-order valence-corrected chi connectivity index (χ4v) is 2.06. The van der Waals surface area contributed by atoms with Gasteiger partial charge in [0.2, 0.25) is 0 Å². The fourth-order valence-electron chi connectivity index (χ4n) is 2.06. The SMILES string of the molecule is C=CCOC(=O)C(Cc1ccccc1)NOCc1ccccc1. The van der Waals surface area contributed by atoms with Crippen molar-refractivity contribution >= 4 is 5.97 Å². The van der Waals surface area contributed by atoms with Crippen molar-refractivity contribution in [1.82, 2.24) is 5.48 Å². The number of carbonyl (C=O) groups is 1. The second-order valence-corrected chi connectivity index (χ2v) is 5.05. The van der Waals surface area contributed by atoms with Gasteiger partial charge in [0, 0.05) is 6.42 Å². The van der Waals surface area contributed by atoms with Crippen LogP contribution in [0.4, 0.5) is 0 Å². The zero-order valence-electron chi connectivity index (χ0n) is 13.0. The molecule has 0 spiro atoms. The molecule has 2 aromatic carbocycles. The van der Waals surface area contributed by atoms with Crippen LogP contribution in [0.5, 0.6) is 0 Å². The molecule has 0 saturated heterocycles. The lowest BCUT2D eigenvalue weighted by atomic mass is 10.1. The van der Waals surface area contributed by atoms with Crippen LogP contribution in [-0.4, -0.2) is 18.6 Å². The topological polar surface area (TPSA) is 47.6 Å².